The van der Waals surface area contributed by atoms with E-state index in [1.807, 2.05) is 31.2 Å². The molecule has 2 amide bonds. The van der Waals surface area contributed by atoms with Gasteiger partial charge < -0.3 is 16.0 Å². The quantitative estimate of drug-likeness (QED) is 0.526. The number of hydrogen-bond acceptors (Lipinski definition) is 5. The molecule has 34 heavy (non-hydrogen) atoms. The number of nitrogens with two attached hydrogens (primary N) is 1. The van der Waals surface area contributed by atoms with E-state index in [1.54, 1.807) is 4.90 Å². The number of hydrogen-bond donors (Lipinski definition) is 2. The fraction of sp³-hybridized carbons (Fsp3) is 0.280. The summed E-state index contributed by atoms with van der Waals surface area (Å²) < 4.78 is 14.6. The number of benzene rings is 2. The Morgan fingerprint density at radius 3 is 2.56 bits per heavy atom. The lowest BCUT2D eigenvalue weighted by atomic mass is 10.1. The van der Waals surface area contributed by atoms with Crippen molar-refractivity contribution in [1.29, 1.82) is 5.26 Å². The predicted molar refractivity (Wildman–Crippen MR) is 126 cm³/mol. The van der Waals surface area contributed by atoms with Gasteiger partial charge in [0.15, 0.2) is 0 Å². The number of aryl methyl sites for hydroxylation is 2. The summed E-state index contributed by atoms with van der Waals surface area (Å²) in [5.41, 5.74) is 9.32. The van der Waals surface area contributed by atoms with E-state index < -0.39 is 5.92 Å². The monoisotopic (exact) mass is 460 g/mol. The number of carbonyl (C=O) groups excluding carboxylic acids is 2. The van der Waals surface area contributed by atoms with Crippen LogP contribution in [0.25, 0.3) is 5.69 Å². The van der Waals surface area contributed by atoms with Crippen LogP contribution in [-0.4, -0.2) is 34.7 Å². The van der Waals surface area contributed by atoms with Crippen LogP contribution in [0.1, 0.15) is 29.7 Å². The lowest BCUT2D eigenvalue weighted by Gasteiger charge is -2.17. The second-order valence-corrected chi connectivity index (χ2v) is 8.34. The average Bonchev–Trinajstić information content (AvgIpc) is 3.37. The van der Waals surface area contributed by atoms with E-state index >= 15 is 0 Å². The number of aromatic nitrogens is 2. The third-order valence-corrected chi connectivity index (χ3v) is 5.91. The number of rotatable bonds is 7. The van der Waals surface area contributed by atoms with Crippen molar-refractivity contribution in [3.63, 3.8) is 0 Å². The van der Waals surface area contributed by atoms with Crippen LogP contribution < -0.4 is 16.0 Å². The Morgan fingerprint density at radius 2 is 1.88 bits per heavy atom. The summed E-state index contributed by atoms with van der Waals surface area (Å²) in [4.78, 5) is 26.7. The number of carbonyl (C=O) groups is 2. The van der Waals surface area contributed by atoms with Gasteiger partial charge in [-0.15, -0.1) is 0 Å². The highest BCUT2D eigenvalue weighted by molar-refractivity contribution is 6.00. The van der Waals surface area contributed by atoms with Gasteiger partial charge in [0, 0.05) is 25.2 Å². The molecule has 1 fully saturated rings. The summed E-state index contributed by atoms with van der Waals surface area (Å²) in [5.74, 6) is -0.827. The van der Waals surface area contributed by atoms with Crippen molar-refractivity contribution >= 4 is 23.3 Å². The summed E-state index contributed by atoms with van der Waals surface area (Å²) >= 11 is 0. The Labute approximate surface area is 196 Å². The molecule has 2 heterocycles. The van der Waals surface area contributed by atoms with Gasteiger partial charge in [0.05, 0.1) is 17.3 Å². The van der Waals surface area contributed by atoms with E-state index in [2.05, 4.69) is 16.5 Å². The van der Waals surface area contributed by atoms with Crippen molar-refractivity contribution in [1.82, 2.24) is 15.1 Å². The van der Waals surface area contributed by atoms with Crippen LogP contribution in [0.2, 0.25) is 0 Å². The van der Waals surface area contributed by atoms with Crippen LogP contribution in [0.4, 0.5) is 15.9 Å². The molecule has 3 N–H and O–H groups in total. The molecule has 1 aromatic heterocycles. The normalized spacial score (nSPS) is 15.4. The molecule has 8 nitrogen and oxygen atoms in total. The number of nitrogens with zero attached hydrogens (tertiary/aromatic N) is 4. The fourth-order valence-corrected chi connectivity index (χ4v) is 4.02. The van der Waals surface area contributed by atoms with Gasteiger partial charge >= 0.3 is 0 Å². The fourth-order valence-electron chi connectivity index (χ4n) is 4.02. The third-order valence-electron chi connectivity index (χ3n) is 5.91. The van der Waals surface area contributed by atoms with Gasteiger partial charge in [0.25, 0.3) is 0 Å². The van der Waals surface area contributed by atoms with E-state index in [1.165, 1.54) is 28.9 Å². The molecular weight excluding hydrogens is 435 g/mol. The molecule has 174 valence electrons. The topological polar surface area (TPSA) is 117 Å². The van der Waals surface area contributed by atoms with Gasteiger partial charge in [-0.05, 0) is 56.2 Å². The number of amides is 2. The standard InChI is InChI=1S/C25H25FN6O2/c1-16-4-8-19(9-5-16)31-15-17(13-23(31)33)25(34)29-12-2-3-22-21(14-27)24(28)32(30-22)20-10-6-18(26)7-11-20/h4-11,17H,2-3,12-13,15,28H2,1H3,(H,29,34). The van der Waals surface area contributed by atoms with Gasteiger partial charge in [-0.2, -0.15) is 10.4 Å². The molecule has 4 rings (SSSR count). The Balaban J connectivity index is 1.32. The Bertz CT molecular complexity index is 1240. The summed E-state index contributed by atoms with van der Waals surface area (Å²) in [6.07, 6.45) is 1.15. The van der Waals surface area contributed by atoms with Gasteiger partial charge in [-0.1, -0.05) is 17.7 Å². The number of anilines is 2. The first-order valence-corrected chi connectivity index (χ1v) is 11.1. The number of nitrogen functional groups attached to an aromatic ring is 1. The molecule has 0 spiro atoms. The highest BCUT2D eigenvalue weighted by atomic mass is 19.1. The minimum atomic E-state index is -0.406. The molecule has 0 saturated carbocycles. The Morgan fingerprint density at radius 1 is 1.21 bits per heavy atom. The highest BCUT2D eigenvalue weighted by Gasteiger charge is 2.34. The maximum Gasteiger partial charge on any atom is 0.227 e. The van der Waals surface area contributed by atoms with Gasteiger partial charge in [0.2, 0.25) is 11.8 Å². The van der Waals surface area contributed by atoms with E-state index in [9.17, 15) is 19.2 Å². The lowest BCUT2D eigenvalue weighted by molar-refractivity contribution is -0.126. The van der Waals surface area contributed by atoms with Gasteiger partial charge in [-0.3, -0.25) is 9.59 Å². The van der Waals surface area contributed by atoms with Crippen LogP contribution >= 0.6 is 0 Å². The molecule has 1 aliphatic rings. The third kappa shape index (κ3) is 4.76. The minimum absolute atomic E-state index is 0.0653. The van der Waals surface area contributed by atoms with Crippen molar-refractivity contribution in [2.24, 2.45) is 5.92 Å². The van der Waals surface area contributed by atoms with E-state index in [0.717, 1.165) is 11.3 Å². The van der Waals surface area contributed by atoms with Crippen molar-refractivity contribution in [3.8, 4) is 11.8 Å². The van der Waals surface area contributed by atoms with Crippen LogP contribution in [0.3, 0.4) is 0 Å². The molecule has 1 atom stereocenters. The molecule has 9 heteroatoms. The van der Waals surface area contributed by atoms with Crippen LogP contribution in [0.15, 0.2) is 48.5 Å². The first kappa shape index (κ1) is 23.0. The zero-order chi connectivity index (χ0) is 24.2. The van der Waals surface area contributed by atoms with E-state index in [0.29, 0.717) is 37.3 Å². The smallest absolute Gasteiger partial charge is 0.227 e. The molecule has 0 radical (unpaired) electrons. The number of nitriles is 1. The molecule has 3 aromatic rings. The van der Waals surface area contributed by atoms with E-state index in [4.69, 9.17) is 5.73 Å². The lowest BCUT2D eigenvalue weighted by Crippen LogP contribution is -2.33. The molecule has 2 aromatic carbocycles. The molecule has 0 aliphatic carbocycles. The molecular formula is C25H25FN6O2. The Kier molecular flexibility index (Phi) is 6.59. The molecule has 1 aliphatic heterocycles. The van der Waals surface area contributed by atoms with Crippen LogP contribution in [0.5, 0.6) is 0 Å². The van der Waals surface area contributed by atoms with Crippen molar-refractivity contribution < 1.29 is 14.0 Å². The van der Waals surface area contributed by atoms with Crippen LogP contribution in [-0.2, 0) is 16.0 Å². The van der Waals surface area contributed by atoms with Crippen molar-refractivity contribution in [2.75, 3.05) is 23.7 Å². The number of nitrogens with one attached hydrogen (secondary N) is 1. The van der Waals surface area contributed by atoms with Gasteiger partial charge in [0.1, 0.15) is 23.3 Å². The maximum atomic E-state index is 13.2. The molecule has 1 saturated heterocycles. The second kappa shape index (κ2) is 9.75. The predicted octanol–water partition coefficient (Wildman–Crippen LogP) is 2.88. The van der Waals surface area contributed by atoms with Crippen molar-refractivity contribution in [3.05, 3.63) is 71.2 Å². The zero-order valence-electron chi connectivity index (χ0n) is 18.8. The maximum absolute atomic E-state index is 13.2. The zero-order valence-corrected chi connectivity index (χ0v) is 18.8. The summed E-state index contributed by atoms with van der Waals surface area (Å²) in [7, 11) is 0. The second-order valence-electron chi connectivity index (χ2n) is 8.34. The molecule has 1 unspecified atom stereocenters. The minimum Gasteiger partial charge on any atom is -0.382 e. The van der Waals surface area contributed by atoms with Crippen LogP contribution in [0, 0.1) is 30.0 Å². The Hall–Kier alpha value is -4.19. The molecule has 0 bridgehead atoms. The largest absolute Gasteiger partial charge is 0.382 e. The van der Waals surface area contributed by atoms with E-state index in [-0.39, 0.29) is 35.4 Å². The summed E-state index contributed by atoms with van der Waals surface area (Å²) in [6.45, 7) is 2.71. The number of halogens is 1. The first-order valence-electron chi connectivity index (χ1n) is 11.1. The first-order chi connectivity index (χ1) is 16.4. The van der Waals surface area contributed by atoms with Gasteiger partial charge in [-0.25, -0.2) is 9.07 Å². The average molecular weight is 461 g/mol. The highest BCUT2D eigenvalue weighted by Crippen LogP contribution is 2.26. The summed E-state index contributed by atoms with van der Waals surface area (Å²) in [5, 5.41) is 16.8. The van der Waals surface area contributed by atoms with Crippen molar-refractivity contribution in [2.45, 2.75) is 26.2 Å². The summed E-state index contributed by atoms with van der Waals surface area (Å²) in [6, 6.07) is 15.4. The SMILES string of the molecule is Cc1ccc(N2CC(C(=O)NCCCc3nn(-c4ccc(F)cc4)c(N)c3C#N)CC2=O)cc1.